The summed E-state index contributed by atoms with van der Waals surface area (Å²) in [4.78, 5) is 28.1. The van der Waals surface area contributed by atoms with E-state index in [-0.39, 0.29) is 11.3 Å². The molecule has 1 fully saturated rings. The Kier molecular flexibility index (Phi) is 9.20. The van der Waals surface area contributed by atoms with E-state index < -0.39 is 17.7 Å². The van der Waals surface area contributed by atoms with Crippen LogP contribution >= 0.6 is 0 Å². The van der Waals surface area contributed by atoms with Gasteiger partial charge < -0.3 is 19.5 Å². The lowest BCUT2D eigenvalue weighted by atomic mass is 9.95. The van der Waals surface area contributed by atoms with Crippen LogP contribution in [0.25, 0.3) is 5.76 Å². The molecular formula is C32H35NO5. The number of amides is 1. The molecule has 0 spiro atoms. The fourth-order valence-electron chi connectivity index (χ4n) is 4.67. The molecule has 6 nitrogen and oxygen atoms in total. The third-order valence-electron chi connectivity index (χ3n) is 6.68. The van der Waals surface area contributed by atoms with Crippen LogP contribution in [0.4, 0.5) is 0 Å². The number of carbonyl (C=O) groups excluding carboxylic acids is 2. The maximum Gasteiger partial charge on any atom is 0.295 e. The first kappa shape index (κ1) is 27.0. The molecule has 1 aliphatic rings. The number of hydrogen-bond acceptors (Lipinski definition) is 5. The number of likely N-dealkylation sites (tertiary alicyclic amines) is 1. The first-order valence-corrected chi connectivity index (χ1v) is 13.3. The van der Waals surface area contributed by atoms with Gasteiger partial charge in [-0.15, -0.1) is 0 Å². The molecule has 198 valence electrons. The molecule has 1 saturated heterocycles. The SMILES string of the molecule is CCCCCOc1ccc(C2C(=C(O)c3ccc(OCC)cc3)C(=O)C(=O)N2CCc2ccccc2)cc1. The highest BCUT2D eigenvalue weighted by atomic mass is 16.5. The zero-order valence-electron chi connectivity index (χ0n) is 22.1. The second-order valence-corrected chi connectivity index (χ2v) is 9.31. The molecule has 3 aromatic rings. The van der Waals surface area contributed by atoms with Gasteiger partial charge in [0.05, 0.1) is 24.8 Å². The Bertz CT molecular complexity index is 1250. The van der Waals surface area contributed by atoms with Crippen LogP contribution in [0.2, 0.25) is 0 Å². The first-order chi connectivity index (χ1) is 18.5. The lowest BCUT2D eigenvalue weighted by molar-refractivity contribution is -0.139. The van der Waals surface area contributed by atoms with Crippen molar-refractivity contribution in [1.82, 2.24) is 4.90 Å². The van der Waals surface area contributed by atoms with E-state index in [9.17, 15) is 14.7 Å². The van der Waals surface area contributed by atoms with Crippen molar-refractivity contribution >= 4 is 17.4 Å². The second kappa shape index (κ2) is 13.0. The van der Waals surface area contributed by atoms with Crippen molar-refractivity contribution in [3.8, 4) is 11.5 Å². The summed E-state index contributed by atoms with van der Waals surface area (Å²) < 4.78 is 11.4. The first-order valence-electron chi connectivity index (χ1n) is 13.3. The number of unbranched alkanes of at least 4 members (excludes halogenated alkanes) is 2. The van der Waals surface area contributed by atoms with Gasteiger partial charge in [0.25, 0.3) is 11.7 Å². The van der Waals surface area contributed by atoms with Crippen molar-refractivity contribution in [2.75, 3.05) is 19.8 Å². The standard InChI is InChI=1S/C32H35NO5/c1-3-5-9-22-38-27-16-12-24(13-17-27)29-28(30(34)25-14-18-26(19-15-25)37-4-2)31(35)32(36)33(29)21-20-23-10-7-6-8-11-23/h6-8,10-19,29,34H,3-5,9,20-22H2,1-2H3. The molecule has 3 aromatic carbocycles. The summed E-state index contributed by atoms with van der Waals surface area (Å²) in [5.41, 5.74) is 2.35. The maximum absolute atomic E-state index is 13.3. The Balaban J connectivity index is 1.67. The molecule has 0 bridgehead atoms. The predicted octanol–water partition coefficient (Wildman–Crippen LogP) is 6.32. The van der Waals surface area contributed by atoms with E-state index in [2.05, 4.69) is 6.92 Å². The second-order valence-electron chi connectivity index (χ2n) is 9.31. The fraction of sp³-hybridized carbons (Fsp3) is 0.312. The highest BCUT2D eigenvalue weighted by molar-refractivity contribution is 6.46. The molecule has 1 N–H and O–H groups in total. The average molecular weight is 514 g/mol. The van der Waals surface area contributed by atoms with Crippen LogP contribution in [0, 0.1) is 0 Å². The highest BCUT2D eigenvalue weighted by Crippen LogP contribution is 2.40. The molecule has 38 heavy (non-hydrogen) atoms. The van der Waals surface area contributed by atoms with Crippen molar-refractivity contribution < 1.29 is 24.2 Å². The van der Waals surface area contributed by atoms with Crippen LogP contribution in [0.3, 0.4) is 0 Å². The number of aliphatic hydroxyl groups is 1. The van der Waals surface area contributed by atoms with Gasteiger partial charge in [-0.25, -0.2) is 0 Å². The average Bonchev–Trinajstić information content (AvgIpc) is 3.20. The molecule has 0 aliphatic carbocycles. The smallest absolute Gasteiger partial charge is 0.295 e. The summed E-state index contributed by atoms with van der Waals surface area (Å²) in [6, 6.07) is 23.4. The Labute approximate surface area is 224 Å². The largest absolute Gasteiger partial charge is 0.507 e. The minimum absolute atomic E-state index is 0.0869. The Hall–Kier alpha value is -4.06. The molecule has 1 heterocycles. The molecule has 1 atom stereocenters. The molecule has 0 saturated carbocycles. The third-order valence-corrected chi connectivity index (χ3v) is 6.68. The van der Waals surface area contributed by atoms with Crippen molar-refractivity contribution in [1.29, 1.82) is 0 Å². The Morgan fingerprint density at radius 2 is 1.50 bits per heavy atom. The number of benzene rings is 3. The van der Waals surface area contributed by atoms with Gasteiger partial charge in [-0.1, -0.05) is 62.2 Å². The fourth-order valence-corrected chi connectivity index (χ4v) is 4.67. The number of aliphatic hydroxyl groups excluding tert-OH is 1. The van der Waals surface area contributed by atoms with E-state index in [1.54, 1.807) is 29.2 Å². The quantitative estimate of drug-likeness (QED) is 0.133. The number of ether oxygens (including phenoxy) is 2. The number of nitrogens with zero attached hydrogens (tertiary/aromatic N) is 1. The molecule has 1 amide bonds. The predicted molar refractivity (Wildman–Crippen MR) is 148 cm³/mol. The van der Waals surface area contributed by atoms with E-state index in [1.165, 1.54) is 0 Å². The van der Waals surface area contributed by atoms with E-state index >= 15 is 0 Å². The van der Waals surface area contributed by atoms with Crippen LogP contribution < -0.4 is 9.47 Å². The molecule has 1 unspecified atom stereocenters. The molecular weight excluding hydrogens is 478 g/mol. The summed E-state index contributed by atoms with van der Waals surface area (Å²) in [5, 5.41) is 11.3. The Morgan fingerprint density at radius 1 is 0.842 bits per heavy atom. The minimum Gasteiger partial charge on any atom is -0.507 e. The van der Waals surface area contributed by atoms with Gasteiger partial charge in [-0.3, -0.25) is 9.59 Å². The van der Waals surface area contributed by atoms with E-state index in [4.69, 9.17) is 9.47 Å². The summed E-state index contributed by atoms with van der Waals surface area (Å²) in [6.07, 6.45) is 3.81. The van der Waals surface area contributed by atoms with Gasteiger partial charge in [-0.05, 0) is 67.3 Å². The van der Waals surface area contributed by atoms with E-state index in [1.807, 2.05) is 61.5 Å². The van der Waals surface area contributed by atoms with Gasteiger partial charge in [0, 0.05) is 12.1 Å². The van der Waals surface area contributed by atoms with E-state index in [0.717, 1.165) is 36.1 Å². The van der Waals surface area contributed by atoms with Crippen molar-refractivity contribution in [3.05, 3.63) is 101 Å². The van der Waals surface area contributed by atoms with Crippen LogP contribution in [0.15, 0.2) is 84.4 Å². The number of Topliss-reactive ketones (excluding diaryl/α,β-unsaturated/α-hetero) is 1. The van der Waals surface area contributed by atoms with Gasteiger partial charge in [0.2, 0.25) is 0 Å². The summed E-state index contributed by atoms with van der Waals surface area (Å²) >= 11 is 0. The Morgan fingerprint density at radius 3 is 2.16 bits per heavy atom. The third kappa shape index (κ3) is 6.25. The molecule has 1 aliphatic heterocycles. The monoisotopic (exact) mass is 513 g/mol. The topological polar surface area (TPSA) is 76.1 Å². The van der Waals surface area contributed by atoms with Crippen LogP contribution in [-0.4, -0.2) is 41.5 Å². The van der Waals surface area contributed by atoms with Crippen molar-refractivity contribution in [2.45, 2.75) is 45.6 Å². The lowest BCUT2D eigenvalue weighted by Gasteiger charge is -2.25. The van der Waals surface area contributed by atoms with Gasteiger partial charge in [-0.2, -0.15) is 0 Å². The van der Waals surface area contributed by atoms with Crippen LogP contribution in [0.5, 0.6) is 11.5 Å². The van der Waals surface area contributed by atoms with Gasteiger partial charge in [0.15, 0.2) is 0 Å². The number of rotatable bonds is 12. The van der Waals surface area contributed by atoms with Crippen LogP contribution in [0.1, 0.15) is 55.8 Å². The minimum atomic E-state index is -0.709. The number of ketones is 1. The summed E-state index contributed by atoms with van der Waals surface area (Å²) in [7, 11) is 0. The lowest BCUT2D eigenvalue weighted by Crippen LogP contribution is -2.31. The summed E-state index contributed by atoms with van der Waals surface area (Å²) in [5.74, 6) is -0.0952. The van der Waals surface area contributed by atoms with Gasteiger partial charge >= 0.3 is 0 Å². The van der Waals surface area contributed by atoms with Crippen molar-refractivity contribution in [2.24, 2.45) is 0 Å². The van der Waals surface area contributed by atoms with Crippen molar-refractivity contribution in [3.63, 3.8) is 0 Å². The normalized spacial score (nSPS) is 16.6. The highest BCUT2D eigenvalue weighted by Gasteiger charge is 2.45. The zero-order valence-corrected chi connectivity index (χ0v) is 22.1. The van der Waals surface area contributed by atoms with E-state index in [0.29, 0.717) is 37.5 Å². The molecule has 0 aromatic heterocycles. The number of hydrogen-bond donors (Lipinski definition) is 1. The molecule has 6 heteroatoms. The maximum atomic E-state index is 13.3. The van der Waals surface area contributed by atoms with Crippen LogP contribution in [-0.2, 0) is 16.0 Å². The van der Waals surface area contributed by atoms with Gasteiger partial charge in [0.1, 0.15) is 17.3 Å². The number of carbonyl (C=O) groups is 2. The summed E-state index contributed by atoms with van der Waals surface area (Å²) in [6.45, 7) is 5.55. The molecule has 0 radical (unpaired) electrons. The molecule has 4 rings (SSSR count). The zero-order chi connectivity index (χ0) is 26.9.